The zero-order valence-electron chi connectivity index (χ0n) is 25.5. The van der Waals surface area contributed by atoms with Crippen LogP contribution < -0.4 is 5.32 Å². The van der Waals surface area contributed by atoms with Crippen molar-refractivity contribution in [1.82, 2.24) is 5.32 Å². The molecule has 2 N–H and O–H groups in total. The Hall–Kier alpha value is -0.940. The number of fused-ring (bicyclic) bond motifs is 5. The lowest BCUT2D eigenvalue weighted by Gasteiger charge is -2.62. The molecule has 1 amide bonds. The Balaban J connectivity index is 1.18. The number of aliphatic hydroxyl groups is 1. The van der Waals surface area contributed by atoms with Gasteiger partial charge in [-0.3, -0.25) is 9.59 Å². The van der Waals surface area contributed by atoms with Gasteiger partial charge in [0.1, 0.15) is 5.78 Å². The molecule has 0 aromatic heterocycles. The van der Waals surface area contributed by atoms with Crippen LogP contribution in [-0.4, -0.2) is 42.2 Å². The molecule has 4 aliphatic rings. The average molecular weight is 546 g/mol. The highest BCUT2D eigenvalue weighted by atomic mass is 16.5. The fourth-order valence-corrected chi connectivity index (χ4v) is 9.46. The maximum atomic E-state index is 12.3. The van der Waals surface area contributed by atoms with E-state index in [4.69, 9.17) is 4.74 Å². The number of hydrogen-bond acceptors (Lipinski definition) is 4. The standard InChI is InChI=1S/C34H59NO4/c1-4-5-12-21-35-31(38)14-11-9-7-6-8-10-13-22-39-29-24-34(3)28(17-18-30(34)37)27-16-15-25-23-26(36)19-20-33(25,2)32(27)29/h25,27-30,32,37H,4-24H2,1-3H3,(H,35,38)/t25?,27-,28-,29?,30?,32-,33-,34-/m0/s1. The second-order valence-corrected chi connectivity index (χ2v) is 14.3. The zero-order valence-corrected chi connectivity index (χ0v) is 25.5. The van der Waals surface area contributed by atoms with E-state index in [1.165, 1.54) is 51.4 Å². The van der Waals surface area contributed by atoms with Crippen molar-refractivity contribution >= 4 is 11.7 Å². The molecule has 5 heteroatoms. The van der Waals surface area contributed by atoms with E-state index in [-0.39, 0.29) is 28.9 Å². The zero-order chi connectivity index (χ0) is 27.9. The van der Waals surface area contributed by atoms with Gasteiger partial charge in [-0.1, -0.05) is 65.7 Å². The third-order valence-corrected chi connectivity index (χ3v) is 11.8. The third-order valence-electron chi connectivity index (χ3n) is 11.8. The molecule has 3 unspecified atom stereocenters. The van der Waals surface area contributed by atoms with E-state index in [0.29, 0.717) is 35.9 Å². The SMILES string of the molecule is CCCCCNC(=O)CCCCCCCCCOC1C[C@]2(C)C(O)CC[C@H]2[C@@H]2CCC3CC(=O)CC[C@]3(C)[C@H]12. The summed E-state index contributed by atoms with van der Waals surface area (Å²) in [5, 5.41) is 14.1. The molecule has 0 spiro atoms. The minimum Gasteiger partial charge on any atom is -0.393 e. The van der Waals surface area contributed by atoms with Gasteiger partial charge in [0.15, 0.2) is 0 Å². The lowest BCUT2D eigenvalue weighted by atomic mass is 9.44. The Kier molecular flexibility index (Phi) is 11.4. The van der Waals surface area contributed by atoms with Crippen LogP contribution in [0.15, 0.2) is 0 Å². The van der Waals surface area contributed by atoms with Gasteiger partial charge in [-0.05, 0) is 92.3 Å². The monoisotopic (exact) mass is 545 g/mol. The maximum absolute atomic E-state index is 12.3. The maximum Gasteiger partial charge on any atom is 0.219 e. The van der Waals surface area contributed by atoms with E-state index >= 15 is 0 Å². The number of nitrogens with one attached hydrogen (secondary N) is 1. The summed E-state index contributed by atoms with van der Waals surface area (Å²) in [6.45, 7) is 8.67. The van der Waals surface area contributed by atoms with Crippen LogP contribution in [0.3, 0.4) is 0 Å². The van der Waals surface area contributed by atoms with Gasteiger partial charge < -0.3 is 15.2 Å². The fraction of sp³-hybridized carbons (Fsp3) is 0.941. The van der Waals surface area contributed by atoms with Crippen LogP contribution in [0.4, 0.5) is 0 Å². The number of hydrogen-bond donors (Lipinski definition) is 2. The Morgan fingerprint density at radius 1 is 0.949 bits per heavy atom. The minimum absolute atomic E-state index is 0.00801. The summed E-state index contributed by atoms with van der Waals surface area (Å²) in [6, 6.07) is 0. The molecule has 4 aliphatic carbocycles. The highest BCUT2D eigenvalue weighted by molar-refractivity contribution is 5.79. The number of ether oxygens (including phenoxy) is 1. The number of amides is 1. The normalized spacial score (nSPS) is 37.7. The summed E-state index contributed by atoms with van der Waals surface area (Å²) in [7, 11) is 0. The molecule has 0 radical (unpaired) electrons. The Morgan fingerprint density at radius 2 is 1.69 bits per heavy atom. The van der Waals surface area contributed by atoms with E-state index in [2.05, 4.69) is 26.1 Å². The molecule has 0 heterocycles. The van der Waals surface area contributed by atoms with Crippen molar-refractivity contribution in [2.24, 2.45) is 34.5 Å². The van der Waals surface area contributed by atoms with Gasteiger partial charge in [0.25, 0.3) is 0 Å². The van der Waals surface area contributed by atoms with Gasteiger partial charge in [-0.2, -0.15) is 0 Å². The largest absolute Gasteiger partial charge is 0.393 e. The first-order valence-electron chi connectivity index (χ1n) is 16.9. The second kappa shape index (κ2) is 14.3. The molecule has 8 atom stereocenters. The number of Topliss-reactive ketones (excluding diaryl/α,β-unsaturated/α-hetero) is 1. The second-order valence-electron chi connectivity index (χ2n) is 14.3. The lowest BCUT2D eigenvalue weighted by molar-refractivity contribution is -0.192. The molecule has 39 heavy (non-hydrogen) atoms. The van der Waals surface area contributed by atoms with Crippen molar-refractivity contribution in [2.75, 3.05) is 13.2 Å². The van der Waals surface area contributed by atoms with E-state index in [1.807, 2.05) is 0 Å². The summed E-state index contributed by atoms with van der Waals surface area (Å²) < 4.78 is 6.79. The molecule has 4 saturated carbocycles. The van der Waals surface area contributed by atoms with Crippen molar-refractivity contribution in [1.29, 1.82) is 0 Å². The van der Waals surface area contributed by atoms with Crippen LogP contribution in [0.1, 0.15) is 143 Å². The van der Waals surface area contributed by atoms with E-state index in [9.17, 15) is 14.7 Å². The molecule has 5 nitrogen and oxygen atoms in total. The first-order chi connectivity index (χ1) is 18.8. The highest BCUT2D eigenvalue weighted by Gasteiger charge is 2.63. The number of rotatable bonds is 15. The predicted octanol–water partition coefficient (Wildman–Crippen LogP) is 7.38. The molecule has 0 saturated heterocycles. The average Bonchev–Trinajstić information content (AvgIpc) is 3.21. The summed E-state index contributed by atoms with van der Waals surface area (Å²) in [4.78, 5) is 24.2. The quantitative estimate of drug-likeness (QED) is 0.211. The number of aliphatic hydroxyl groups excluding tert-OH is 1. The Bertz CT molecular complexity index is 800. The summed E-state index contributed by atoms with van der Waals surface area (Å²) >= 11 is 0. The van der Waals surface area contributed by atoms with Crippen molar-refractivity contribution in [3.63, 3.8) is 0 Å². The third kappa shape index (κ3) is 7.29. The molecule has 0 aromatic carbocycles. The lowest BCUT2D eigenvalue weighted by Crippen LogP contribution is -2.60. The van der Waals surface area contributed by atoms with Crippen LogP contribution in [-0.2, 0) is 14.3 Å². The predicted molar refractivity (Wildman–Crippen MR) is 157 cm³/mol. The molecule has 0 bridgehead atoms. The number of ketones is 1. The van der Waals surface area contributed by atoms with Gasteiger partial charge in [0, 0.05) is 32.4 Å². The summed E-state index contributed by atoms with van der Waals surface area (Å²) in [5.41, 5.74) is 0.203. The van der Waals surface area contributed by atoms with Gasteiger partial charge in [0.05, 0.1) is 12.2 Å². The Morgan fingerprint density at radius 3 is 2.46 bits per heavy atom. The molecule has 4 fully saturated rings. The van der Waals surface area contributed by atoms with E-state index < -0.39 is 0 Å². The number of unbranched alkanes of at least 4 members (excludes halogenated alkanes) is 8. The first-order valence-corrected chi connectivity index (χ1v) is 16.9. The first kappa shape index (κ1) is 31.0. The van der Waals surface area contributed by atoms with Crippen LogP contribution in [0.5, 0.6) is 0 Å². The number of carbonyl (C=O) groups excluding carboxylic acids is 2. The van der Waals surface area contributed by atoms with E-state index in [0.717, 1.165) is 77.4 Å². The molecular formula is C34H59NO4. The van der Waals surface area contributed by atoms with Crippen LogP contribution in [0.25, 0.3) is 0 Å². The molecular weight excluding hydrogens is 486 g/mol. The van der Waals surface area contributed by atoms with Crippen LogP contribution in [0, 0.1) is 34.5 Å². The highest BCUT2D eigenvalue weighted by Crippen LogP contribution is 2.66. The van der Waals surface area contributed by atoms with Gasteiger partial charge in [-0.25, -0.2) is 0 Å². The van der Waals surface area contributed by atoms with Crippen molar-refractivity contribution in [2.45, 2.75) is 155 Å². The van der Waals surface area contributed by atoms with Gasteiger partial charge in [0.2, 0.25) is 5.91 Å². The van der Waals surface area contributed by atoms with Crippen molar-refractivity contribution in [3.8, 4) is 0 Å². The number of carbonyl (C=O) groups is 2. The molecule has 224 valence electrons. The minimum atomic E-state index is -0.194. The molecule has 0 aromatic rings. The van der Waals surface area contributed by atoms with E-state index in [1.54, 1.807) is 0 Å². The van der Waals surface area contributed by atoms with Crippen molar-refractivity contribution < 1.29 is 19.4 Å². The molecule has 4 rings (SSSR count). The fourth-order valence-electron chi connectivity index (χ4n) is 9.46. The smallest absolute Gasteiger partial charge is 0.219 e. The van der Waals surface area contributed by atoms with Crippen LogP contribution >= 0.6 is 0 Å². The van der Waals surface area contributed by atoms with Gasteiger partial charge >= 0.3 is 0 Å². The van der Waals surface area contributed by atoms with Crippen molar-refractivity contribution in [3.05, 3.63) is 0 Å². The topological polar surface area (TPSA) is 75.6 Å². The molecule has 0 aliphatic heterocycles. The summed E-state index contributed by atoms with van der Waals surface area (Å²) in [5.74, 6) is 3.00. The summed E-state index contributed by atoms with van der Waals surface area (Å²) in [6.07, 6.45) is 20.4. The van der Waals surface area contributed by atoms with Gasteiger partial charge in [-0.15, -0.1) is 0 Å². The van der Waals surface area contributed by atoms with Crippen LogP contribution in [0.2, 0.25) is 0 Å². The Labute approximate surface area is 239 Å².